The van der Waals surface area contributed by atoms with Crippen LogP contribution in [-0.2, 0) is 11.3 Å². The molecule has 1 unspecified atom stereocenters. The minimum absolute atomic E-state index is 0.294. The van der Waals surface area contributed by atoms with E-state index in [-0.39, 0.29) is 0 Å². The summed E-state index contributed by atoms with van der Waals surface area (Å²) in [6.07, 6.45) is 4.24. The fraction of sp³-hybridized carbons (Fsp3) is 0.333. The van der Waals surface area contributed by atoms with Gasteiger partial charge in [-0.25, -0.2) is 9.97 Å². The Labute approximate surface area is 139 Å². The van der Waals surface area contributed by atoms with E-state index in [1.807, 2.05) is 0 Å². The fourth-order valence-corrected chi connectivity index (χ4v) is 3.82. The first-order valence-corrected chi connectivity index (χ1v) is 8.87. The molecule has 118 valence electrons. The van der Waals surface area contributed by atoms with Crippen LogP contribution in [0, 0.1) is 0 Å². The molecular formula is C18H19N3OS. The molecule has 1 aromatic carbocycles. The first kappa shape index (κ1) is 14.6. The fourth-order valence-electron chi connectivity index (χ4n) is 3.09. The summed E-state index contributed by atoms with van der Waals surface area (Å²) >= 11 is 1.66. The van der Waals surface area contributed by atoms with E-state index in [0.717, 1.165) is 48.6 Å². The summed E-state index contributed by atoms with van der Waals surface area (Å²) in [6.45, 7) is 2.58. The number of benzene rings is 1. The second-order valence-electron chi connectivity index (χ2n) is 5.84. The summed E-state index contributed by atoms with van der Waals surface area (Å²) in [7, 11) is 0. The number of anilines is 1. The standard InChI is InChI=1S/C18H19N3OS/c1-2-5-14(6-3-1)11-21(12-15-7-4-9-22-15)17-16-8-10-23-18(16)20-13-19-17/h1-3,5-6,8,10,13,15H,4,7,9,11-12H2. The lowest BCUT2D eigenvalue weighted by molar-refractivity contribution is 0.115. The predicted molar refractivity (Wildman–Crippen MR) is 93.9 cm³/mol. The van der Waals surface area contributed by atoms with Crippen LogP contribution in [0.4, 0.5) is 5.82 Å². The molecule has 1 fully saturated rings. The van der Waals surface area contributed by atoms with Crippen LogP contribution in [0.5, 0.6) is 0 Å². The number of hydrogen-bond acceptors (Lipinski definition) is 5. The lowest BCUT2D eigenvalue weighted by atomic mass is 10.1. The summed E-state index contributed by atoms with van der Waals surface area (Å²) in [6, 6.07) is 12.7. The number of hydrogen-bond donors (Lipinski definition) is 0. The molecule has 23 heavy (non-hydrogen) atoms. The van der Waals surface area contributed by atoms with Crippen LogP contribution >= 0.6 is 11.3 Å². The van der Waals surface area contributed by atoms with Crippen molar-refractivity contribution in [3.63, 3.8) is 0 Å². The molecule has 5 heteroatoms. The molecule has 0 aliphatic carbocycles. The lowest BCUT2D eigenvalue weighted by Gasteiger charge is -2.27. The van der Waals surface area contributed by atoms with Gasteiger partial charge in [-0.05, 0) is 29.9 Å². The summed E-state index contributed by atoms with van der Waals surface area (Å²) in [5.41, 5.74) is 1.28. The van der Waals surface area contributed by atoms with Gasteiger partial charge in [0.25, 0.3) is 0 Å². The molecule has 0 saturated carbocycles. The Morgan fingerprint density at radius 1 is 1.17 bits per heavy atom. The average Bonchev–Trinajstić information content (AvgIpc) is 3.26. The van der Waals surface area contributed by atoms with Gasteiger partial charge >= 0.3 is 0 Å². The van der Waals surface area contributed by atoms with Gasteiger partial charge in [-0.2, -0.15) is 0 Å². The molecular weight excluding hydrogens is 306 g/mol. The molecule has 1 aliphatic heterocycles. The van der Waals surface area contributed by atoms with Gasteiger partial charge in [0, 0.05) is 19.7 Å². The van der Waals surface area contributed by atoms with Gasteiger partial charge in [0.15, 0.2) is 0 Å². The number of fused-ring (bicyclic) bond motifs is 1. The van der Waals surface area contributed by atoms with Crippen molar-refractivity contribution in [3.8, 4) is 0 Å². The molecule has 3 aromatic rings. The van der Waals surface area contributed by atoms with Gasteiger partial charge in [-0.1, -0.05) is 30.3 Å². The van der Waals surface area contributed by atoms with Gasteiger partial charge < -0.3 is 9.64 Å². The van der Waals surface area contributed by atoms with Crippen molar-refractivity contribution in [3.05, 3.63) is 53.7 Å². The minimum atomic E-state index is 0.294. The zero-order valence-electron chi connectivity index (χ0n) is 12.9. The van der Waals surface area contributed by atoms with E-state index in [1.54, 1.807) is 17.7 Å². The average molecular weight is 325 g/mol. The first-order chi connectivity index (χ1) is 11.4. The maximum absolute atomic E-state index is 5.85. The van der Waals surface area contributed by atoms with E-state index in [9.17, 15) is 0 Å². The van der Waals surface area contributed by atoms with E-state index in [1.165, 1.54) is 5.56 Å². The number of aromatic nitrogens is 2. The number of nitrogens with zero attached hydrogens (tertiary/aromatic N) is 3. The Bertz CT molecular complexity index is 768. The molecule has 0 amide bonds. The Kier molecular flexibility index (Phi) is 4.22. The van der Waals surface area contributed by atoms with E-state index in [2.05, 4.69) is 56.6 Å². The summed E-state index contributed by atoms with van der Waals surface area (Å²) < 4.78 is 5.85. The van der Waals surface area contributed by atoms with Crippen LogP contribution in [0.1, 0.15) is 18.4 Å². The molecule has 3 heterocycles. The molecule has 0 N–H and O–H groups in total. The molecule has 0 bridgehead atoms. The third-order valence-corrected chi connectivity index (χ3v) is 5.03. The summed E-state index contributed by atoms with van der Waals surface area (Å²) in [4.78, 5) is 12.3. The number of rotatable bonds is 5. The second-order valence-corrected chi connectivity index (χ2v) is 6.73. The summed E-state index contributed by atoms with van der Waals surface area (Å²) in [5.74, 6) is 1.01. The predicted octanol–water partition coefficient (Wildman–Crippen LogP) is 3.88. The van der Waals surface area contributed by atoms with Crippen LogP contribution in [0.3, 0.4) is 0 Å². The van der Waals surface area contributed by atoms with Crippen LogP contribution in [0.15, 0.2) is 48.1 Å². The van der Waals surface area contributed by atoms with Gasteiger partial charge in [0.2, 0.25) is 0 Å². The normalized spacial score (nSPS) is 17.7. The smallest absolute Gasteiger partial charge is 0.141 e. The highest BCUT2D eigenvalue weighted by Gasteiger charge is 2.22. The maximum atomic E-state index is 5.85. The van der Waals surface area contributed by atoms with E-state index >= 15 is 0 Å². The quantitative estimate of drug-likeness (QED) is 0.713. The Morgan fingerprint density at radius 3 is 2.91 bits per heavy atom. The van der Waals surface area contributed by atoms with Crippen LogP contribution < -0.4 is 4.90 Å². The van der Waals surface area contributed by atoms with Gasteiger partial charge in [0.1, 0.15) is 17.0 Å². The first-order valence-electron chi connectivity index (χ1n) is 7.99. The molecule has 1 atom stereocenters. The van der Waals surface area contributed by atoms with Crippen molar-refractivity contribution in [1.82, 2.24) is 9.97 Å². The minimum Gasteiger partial charge on any atom is -0.376 e. The molecule has 4 rings (SSSR count). The van der Waals surface area contributed by atoms with Crippen molar-refractivity contribution in [2.24, 2.45) is 0 Å². The van der Waals surface area contributed by atoms with Crippen molar-refractivity contribution in [2.75, 3.05) is 18.1 Å². The maximum Gasteiger partial charge on any atom is 0.141 e. The second kappa shape index (κ2) is 6.64. The van der Waals surface area contributed by atoms with Crippen molar-refractivity contribution >= 4 is 27.4 Å². The largest absolute Gasteiger partial charge is 0.376 e. The highest BCUT2D eigenvalue weighted by atomic mass is 32.1. The monoisotopic (exact) mass is 325 g/mol. The van der Waals surface area contributed by atoms with Crippen LogP contribution in [0.2, 0.25) is 0 Å². The molecule has 0 spiro atoms. The Balaban J connectivity index is 1.67. The van der Waals surface area contributed by atoms with Crippen LogP contribution in [-0.4, -0.2) is 29.2 Å². The molecule has 0 radical (unpaired) electrons. The molecule has 1 saturated heterocycles. The number of ether oxygens (including phenoxy) is 1. The van der Waals surface area contributed by atoms with Crippen molar-refractivity contribution in [2.45, 2.75) is 25.5 Å². The highest BCUT2D eigenvalue weighted by Crippen LogP contribution is 2.29. The van der Waals surface area contributed by atoms with Gasteiger partial charge in [0.05, 0.1) is 11.5 Å². The third kappa shape index (κ3) is 3.21. The highest BCUT2D eigenvalue weighted by molar-refractivity contribution is 7.16. The van der Waals surface area contributed by atoms with Gasteiger partial charge in [-0.15, -0.1) is 11.3 Å². The van der Waals surface area contributed by atoms with E-state index in [4.69, 9.17) is 4.74 Å². The summed E-state index contributed by atoms with van der Waals surface area (Å²) in [5, 5.41) is 3.21. The van der Waals surface area contributed by atoms with E-state index in [0.29, 0.717) is 6.10 Å². The number of thiophene rings is 1. The third-order valence-electron chi connectivity index (χ3n) is 4.20. The van der Waals surface area contributed by atoms with Gasteiger partial charge in [-0.3, -0.25) is 0 Å². The van der Waals surface area contributed by atoms with Crippen molar-refractivity contribution in [1.29, 1.82) is 0 Å². The van der Waals surface area contributed by atoms with E-state index < -0.39 is 0 Å². The SMILES string of the molecule is c1ccc(CN(CC2CCCO2)c2ncnc3sccc23)cc1. The topological polar surface area (TPSA) is 38.2 Å². The Morgan fingerprint density at radius 2 is 2.09 bits per heavy atom. The molecule has 4 nitrogen and oxygen atoms in total. The zero-order chi connectivity index (χ0) is 15.5. The lowest BCUT2D eigenvalue weighted by Crippen LogP contribution is -2.32. The van der Waals surface area contributed by atoms with Crippen molar-refractivity contribution < 1.29 is 4.74 Å². The Hall–Kier alpha value is -1.98. The zero-order valence-corrected chi connectivity index (χ0v) is 13.7. The molecule has 2 aromatic heterocycles. The van der Waals surface area contributed by atoms with Crippen LogP contribution in [0.25, 0.3) is 10.2 Å². The molecule has 1 aliphatic rings.